The van der Waals surface area contributed by atoms with Crippen molar-refractivity contribution in [3.63, 3.8) is 0 Å². The lowest BCUT2D eigenvalue weighted by Crippen LogP contribution is -1.99. The largest absolute Gasteiger partial charge is 0.294 e. The maximum Gasteiger partial charge on any atom is 0.160 e. The van der Waals surface area contributed by atoms with E-state index in [1.807, 2.05) is 22.6 Å². The molecule has 0 spiro atoms. The molecule has 0 radical (unpaired) electrons. The highest BCUT2D eigenvalue weighted by atomic mass is 127. The Morgan fingerprint density at radius 3 is 2.58 bits per heavy atom. The first-order chi connectivity index (χ1) is 5.52. The van der Waals surface area contributed by atoms with E-state index in [2.05, 4.69) is 0 Å². The van der Waals surface area contributed by atoms with Crippen molar-refractivity contribution in [1.82, 2.24) is 0 Å². The molecular weight excluding hydrogens is 270 g/mol. The quantitative estimate of drug-likeness (QED) is 0.570. The molecule has 3 heteroatoms. The summed E-state index contributed by atoms with van der Waals surface area (Å²) in [6, 6.07) is 3.11. The second-order valence-corrected chi connectivity index (χ2v) is 3.86. The van der Waals surface area contributed by atoms with Crippen LogP contribution in [0, 0.1) is 16.3 Å². The Morgan fingerprint density at radius 2 is 2.08 bits per heavy atom. The Balaban J connectivity index is 3.37. The summed E-state index contributed by atoms with van der Waals surface area (Å²) in [5.74, 6) is -0.406. The van der Waals surface area contributed by atoms with Crippen LogP contribution < -0.4 is 0 Å². The minimum absolute atomic E-state index is 0.0927. The number of hydrogen-bond donors (Lipinski definition) is 0. The van der Waals surface area contributed by atoms with Crippen LogP contribution in [-0.4, -0.2) is 5.78 Å². The second kappa shape index (κ2) is 3.51. The molecule has 0 atom stereocenters. The fourth-order valence-corrected chi connectivity index (χ4v) is 1.60. The van der Waals surface area contributed by atoms with Gasteiger partial charge in [-0.05, 0) is 54.1 Å². The van der Waals surface area contributed by atoms with E-state index in [9.17, 15) is 9.18 Å². The van der Waals surface area contributed by atoms with Crippen LogP contribution in [0.15, 0.2) is 12.1 Å². The third-order valence-electron chi connectivity index (χ3n) is 1.69. The molecule has 0 aromatic heterocycles. The number of halogens is 2. The Kier molecular flexibility index (Phi) is 2.82. The van der Waals surface area contributed by atoms with Gasteiger partial charge in [-0.1, -0.05) is 0 Å². The van der Waals surface area contributed by atoms with Crippen LogP contribution >= 0.6 is 22.6 Å². The van der Waals surface area contributed by atoms with E-state index in [1.165, 1.54) is 13.0 Å². The van der Waals surface area contributed by atoms with E-state index in [0.717, 1.165) is 3.57 Å². The van der Waals surface area contributed by atoms with Crippen molar-refractivity contribution in [1.29, 1.82) is 0 Å². The van der Waals surface area contributed by atoms with Crippen LogP contribution in [0.2, 0.25) is 0 Å². The normalized spacial score (nSPS) is 10.0. The van der Waals surface area contributed by atoms with Crippen molar-refractivity contribution < 1.29 is 9.18 Å². The smallest absolute Gasteiger partial charge is 0.160 e. The van der Waals surface area contributed by atoms with Crippen LogP contribution in [0.4, 0.5) is 4.39 Å². The van der Waals surface area contributed by atoms with Gasteiger partial charge in [0.05, 0.1) is 0 Å². The van der Waals surface area contributed by atoms with Crippen molar-refractivity contribution in [2.45, 2.75) is 13.8 Å². The van der Waals surface area contributed by atoms with E-state index < -0.39 is 0 Å². The molecule has 0 N–H and O–H groups in total. The van der Waals surface area contributed by atoms with Gasteiger partial charge in [-0.15, -0.1) is 0 Å². The molecule has 1 aromatic rings. The third kappa shape index (κ3) is 1.83. The number of benzene rings is 1. The highest BCUT2D eigenvalue weighted by Gasteiger charge is 2.08. The third-order valence-corrected chi connectivity index (χ3v) is 2.31. The zero-order valence-electron chi connectivity index (χ0n) is 6.82. The van der Waals surface area contributed by atoms with E-state index in [1.54, 1.807) is 13.0 Å². The topological polar surface area (TPSA) is 17.1 Å². The van der Waals surface area contributed by atoms with Gasteiger partial charge in [-0.3, -0.25) is 4.79 Å². The summed E-state index contributed by atoms with van der Waals surface area (Å²) in [5.41, 5.74) is 0.905. The molecule has 64 valence electrons. The summed E-state index contributed by atoms with van der Waals surface area (Å²) < 4.78 is 13.8. The minimum Gasteiger partial charge on any atom is -0.294 e. The molecule has 0 saturated carbocycles. The molecule has 1 nitrogen and oxygen atoms in total. The molecule has 0 aliphatic carbocycles. The first-order valence-electron chi connectivity index (χ1n) is 3.49. The number of hydrogen-bond acceptors (Lipinski definition) is 1. The van der Waals surface area contributed by atoms with Gasteiger partial charge in [-0.2, -0.15) is 0 Å². The number of carbonyl (C=O) groups is 1. The van der Waals surface area contributed by atoms with Crippen molar-refractivity contribution in [3.05, 3.63) is 32.6 Å². The summed E-state index contributed by atoms with van der Waals surface area (Å²) in [6.45, 7) is 3.06. The number of rotatable bonds is 1. The molecule has 12 heavy (non-hydrogen) atoms. The molecule has 1 rings (SSSR count). The van der Waals surface area contributed by atoms with Crippen molar-refractivity contribution in [2.75, 3.05) is 0 Å². The van der Waals surface area contributed by atoms with Gasteiger partial charge >= 0.3 is 0 Å². The van der Waals surface area contributed by atoms with Gasteiger partial charge in [0.2, 0.25) is 0 Å². The predicted octanol–water partition coefficient (Wildman–Crippen LogP) is 2.94. The molecule has 0 fully saturated rings. The first-order valence-corrected chi connectivity index (χ1v) is 4.57. The highest BCUT2D eigenvalue weighted by molar-refractivity contribution is 14.1. The SMILES string of the molecule is CC(=O)c1cc(I)cc(F)c1C. The van der Waals surface area contributed by atoms with Gasteiger partial charge in [-0.25, -0.2) is 4.39 Å². The summed E-state index contributed by atoms with van der Waals surface area (Å²) in [5, 5.41) is 0. The molecule has 0 aliphatic heterocycles. The van der Waals surface area contributed by atoms with Crippen molar-refractivity contribution in [2.24, 2.45) is 0 Å². The number of Topliss-reactive ketones (excluding diaryl/α,β-unsaturated/α-hetero) is 1. The predicted molar refractivity (Wildman–Crippen MR) is 53.9 cm³/mol. The summed E-state index contributed by atoms with van der Waals surface area (Å²) in [4.78, 5) is 11.0. The molecule has 0 bridgehead atoms. The molecule has 0 aliphatic rings. The summed E-state index contributed by atoms with van der Waals surface area (Å²) >= 11 is 1.99. The average Bonchev–Trinajstić information content (AvgIpc) is 1.96. The second-order valence-electron chi connectivity index (χ2n) is 2.62. The maximum atomic E-state index is 13.0. The lowest BCUT2D eigenvalue weighted by atomic mass is 10.1. The van der Waals surface area contributed by atoms with E-state index in [0.29, 0.717) is 11.1 Å². The zero-order valence-corrected chi connectivity index (χ0v) is 8.98. The fraction of sp³-hybridized carbons (Fsp3) is 0.222. The lowest BCUT2D eigenvalue weighted by molar-refractivity contribution is 0.101. The Bertz CT molecular complexity index is 334. The van der Waals surface area contributed by atoms with Gasteiger partial charge in [0, 0.05) is 9.13 Å². The van der Waals surface area contributed by atoms with Gasteiger partial charge < -0.3 is 0 Å². The molecule has 0 heterocycles. The first kappa shape index (κ1) is 9.64. The Hall–Kier alpha value is -0.450. The number of ketones is 1. The van der Waals surface area contributed by atoms with Crippen LogP contribution in [0.3, 0.4) is 0 Å². The molecule has 0 unspecified atom stereocenters. The average molecular weight is 278 g/mol. The van der Waals surface area contributed by atoms with E-state index >= 15 is 0 Å². The van der Waals surface area contributed by atoms with Gasteiger partial charge in [0.1, 0.15) is 5.82 Å². The Labute approximate surface area is 84.1 Å². The van der Waals surface area contributed by atoms with Crippen LogP contribution in [0.25, 0.3) is 0 Å². The molecule has 0 saturated heterocycles. The molecular formula is C9H8FIO. The van der Waals surface area contributed by atoms with Gasteiger partial charge in [0.15, 0.2) is 5.78 Å². The van der Waals surface area contributed by atoms with Crippen molar-refractivity contribution in [3.8, 4) is 0 Å². The van der Waals surface area contributed by atoms with Crippen LogP contribution in [0.1, 0.15) is 22.8 Å². The van der Waals surface area contributed by atoms with Crippen LogP contribution in [-0.2, 0) is 0 Å². The minimum atomic E-state index is -0.313. The summed E-state index contributed by atoms with van der Waals surface area (Å²) in [6.07, 6.45) is 0. The van der Waals surface area contributed by atoms with E-state index in [-0.39, 0.29) is 11.6 Å². The van der Waals surface area contributed by atoms with Gasteiger partial charge in [0.25, 0.3) is 0 Å². The maximum absolute atomic E-state index is 13.0. The molecule has 1 aromatic carbocycles. The molecule has 0 amide bonds. The van der Waals surface area contributed by atoms with E-state index in [4.69, 9.17) is 0 Å². The zero-order chi connectivity index (χ0) is 9.30. The fourth-order valence-electron chi connectivity index (χ4n) is 1.01. The lowest BCUT2D eigenvalue weighted by Gasteiger charge is -2.03. The number of carbonyl (C=O) groups excluding carboxylic acids is 1. The standard InChI is InChI=1S/C9H8FIO/c1-5-8(6(2)12)3-7(11)4-9(5)10/h3-4H,1-2H3. The van der Waals surface area contributed by atoms with Crippen molar-refractivity contribution >= 4 is 28.4 Å². The Morgan fingerprint density at radius 1 is 1.50 bits per heavy atom. The monoisotopic (exact) mass is 278 g/mol. The highest BCUT2D eigenvalue weighted by Crippen LogP contribution is 2.17. The van der Waals surface area contributed by atoms with Crippen LogP contribution in [0.5, 0.6) is 0 Å². The summed E-state index contributed by atoms with van der Waals surface area (Å²) in [7, 11) is 0.